The van der Waals surface area contributed by atoms with Crippen molar-refractivity contribution in [3.63, 3.8) is 0 Å². The van der Waals surface area contributed by atoms with Crippen molar-refractivity contribution >= 4 is 17.3 Å². The lowest BCUT2D eigenvalue weighted by Crippen LogP contribution is -2.16. The largest absolute Gasteiger partial charge is 0.494 e. The van der Waals surface area contributed by atoms with Gasteiger partial charge in [-0.1, -0.05) is 0 Å². The van der Waals surface area contributed by atoms with Crippen molar-refractivity contribution in [3.8, 4) is 5.75 Å². The van der Waals surface area contributed by atoms with E-state index in [1.807, 2.05) is 6.92 Å². The summed E-state index contributed by atoms with van der Waals surface area (Å²) in [5.74, 6) is -0.790. The minimum atomic E-state index is -0.683. The van der Waals surface area contributed by atoms with Crippen molar-refractivity contribution < 1.29 is 18.3 Å². The van der Waals surface area contributed by atoms with Crippen LogP contribution in [0.1, 0.15) is 13.3 Å². The smallest absolute Gasteiger partial charge is 0.226 e. The minimum absolute atomic E-state index is 0.157. The normalized spacial score (nSPS) is 10.2. The van der Waals surface area contributed by atoms with Crippen LogP contribution in [0.5, 0.6) is 5.75 Å². The van der Waals surface area contributed by atoms with Gasteiger partial charge in [-0.2, -0.15) is 0 Å². The molecule has 2 aromatic carbocycles. The van der Waals surface area contributed by atoms with E-state index in [-0.39, 0.29) is 24.6 Å². The molecule has 122 valence electrons. The molecule has 0 spiro atoms. The maximum atomic E-state index is 13.4. The number of nitrogens with one attached hydrogen (secondary N) is 2. The van der Waals surface area contributed by atoms with Crippen molar-refractivity contribution in [1.29, 1.82) is 0 Å². The highest BCUT2D eigenvalue weighted by Gasteiger charge is 2.06. The summed E-state index contributed by atoms with van der Waals surface area (Å²) in [5, 5.41) is 5.49. The first kappa shape index (κ1) is 16.7. The fraction of sp³-hybridized carbons (Fsp3) is 0.235. The van der Waals surface area contributed by atoms with E-state index in [1.54, 1.807) is 24.3 Å². The van der Waals surface area contributed by atoms with Crippen molar-refractivity contribution in [2.24, 2.45) is 0 Å². The molecule has 0 aliphatic rings. The predicted molar refractivity (Wildman–Crippen MR) is 85.7 cm³/mol. The topological polar surface area (TPSA) is 50.4 Å². The molecular formula is C17H18F2N2O2. The monoisotopic (exact) mass is 320 g/mol. The molecule has 6 heteroatoms. The molecule has 0 saturated heterocycles. The zero-order chi connectivity index (χ0) is 16.7. The van der Waals surface area contributed by atoms with Crippen LogP contribution in [-0.2, 0) is 4.79 Å². The van der Waals surface area contributed by atoms with E-state index in [9.17, 15) is 13.6 Å². The summed E-state index contributed by atoms with van der Waals surface area (Å²) in [4.78, 5) is 11.8. The average Bonchev–Trinajstić information content (AvgIpc) is 2.52. The number of anilines is 2. The van der Waals surface area contributed by atoms with Crippen LogP contribution < -0.4 is 15.4 Å². The Labute approximate surface area is 133 Å². The Hall–Kier alpha value is -2.63. The van der Waals surface area contributed by atoms with Crippen molar-refractivity contribution in [3.05, 3.63) is 54.1 Å². The van der Waals surface area contributed by atoms with Crippen molar-refractivity contribution in [2.75, 3.05) is 23.8 Å². The molecule has 0 fully saturated rings. The molecule has 2 N–H and O–H groups in total. The second-order valence-electron chi connectivity index (χ2n) is 4.81. The Balaban J connectivity index is 1.78. The molecule has 0 saturated carbocycles. The molecule has 0 aliphatic carbocycles. The number of carbonyl (C=O) groups is 1. The van der Waals surface area contributed by atoms with Crippen molar-refractivity contribution in [1.82, 2.24) is 0 Å². The summed E-state index contributed by atoms with van der Waals surface area (Å²) in [6, 6.07) is 10.3. The van der Waals surface area contributed by atoms with Gasteiger partial charge in [0.1, 0.15) is 17.4 Å². The second-order valence-corrected chi connectivity index (χ2v) is 4.81. The van der Waals surface area contributed by atoms with Crippen molar-refractivity contribution in [2.45, 2.75) is 13.3 Å². The number of carbonyl (C=O) groups excluding carboxylic acids is 1. The molecule has 2 rings (SSSR count). The lowest BCUT2D eigenvalue weighted by atomic mass is 10.2. The van der Waals surface area contributed by atoms with Gasteiger partial charge in [0.05, 0.1) is 12.3 Å². The predicted octanol–water partition coefficient (Wildman–Crippen LogP) is 3.80. The number of hydrogen-bond donors (Lipinski definition) is 2. The molecule has 0 unspecified atom stereocenters. The van der Waals surface area contributed by atoms with E-state index in [0.29, 0.717) is 12.3 Å². The van der Waals surface area contributed by atoms with E-state index >= 15 is 0 Å². The highest BCUT2D eigenvalue weighted by Crippen LogP contribution is 2.16. The number of ether oxygens (including phenoxy) is 1. The molecule has 0 bridgehead atoms. The standard InChI is InChI=1S/C17H18F2N2O2/c1-2-23-14-6-4-13(5-7-14)21-17(22)9-10-20-16-8-3-12(18)11-15(16)19/h3-8,11,20H,2,9-10H2,1H3,(H,21,22). The highest BCUT2D eigenvalue weighted by molar-refractivity contribution is 5.91. The summed E-state index contributed by atoms with van der Waals surface area (Å²) in [6.45, 7) is 2.72. The number of rotatable bonds is 7. The van der Waals surface area contributed by atoms with Gasteiger partial charge in [-0.15, -0.1) is 0 Å². The van der Waals surface area contributed by atoms with Crippen LogP contribution in [0, 0.1) is 11.6 Å². The Morgan fingerprint density at radius 2 is 1.87 bits per heavy atom. The van der Waals surface area contributed by atoms with Crippen LogP contribution in [0.2, 0.25) is 0 Å². The molecule has 2 aromatic rings. The van der Waals surface area contributed by atoms with Gasteiger partial charge in [-0.05, 0) is 43.3 Å². The molecule has 0 aromatic heterocycles. The molecule has 0 heterocycles. The first-order chi connectivity index (χ1) is 11.1. The Morgan fingerprint density at radius 3 is 2.52 bits per heavy atom. The van der Waals surface area contributed by atoms with Crippen LogP contribution in [0.25, 0.3) is 0 Å². The number of amides is 1. The summed E-state index contributed by atoms with van der Waals surface area (Å²) >= 11 is 0. The third-order valence-electron chi connectivity index (χ3n) is 3.05. The third kappa shape index (κ3) is 5.25. The fourth-order valence-electron chi connectivity index (χ4n) is 1.97. The van der Waals surface area contributed by atoms with Crippen LogP contribution in [0.4, 0.5) is 20.2 Å². The van der Waals surface area contributed by atoms with Gasteiger partial charge >= 0.3 is 0 Å². The van der Waals surface area contributed by atoms with Crippen LogP contribution in [0.15, 0.2) is 42.5 Å². The lowest BCUT2D eigenvalue weighted by Gasteiger charge is -2.09. The third-order valence-corrected chi connectivity index (χ3v) is 3.05. The van der Waals surface area contributed by atoms with Gasteiger partial charge in [0.15, 0.2) is 0 Å². The van der Waals surface area contributed by atoms with Gasteiger partial charge in [-0.3, -0.25) is 4.79 Å². The maximum absolute atomic E-state index is 13.4. The zero-order valence-corrected chi connectivity index (χ0v) is 12.7. The molecule has 23 heavy (non-hydrogen) atoms. The van der Waals surface area contributed by atoms with E-state index in [2.05, 4.69) is 10.6 Å². The van der Waals surface area contributed by atoms with Gasteiger partial charge in [0, 0.05) is 24.7 Å². The molecule has 1 amide bonds. The number of hydrogen-bond acceptors (Lipinski definition) is 3. The fourth-order valence-corrected chi connectivity index (χ4v) is 1.97. The quantitative estimate of drug-likeness (QED) is 0.816. The molecule has 0 atom stereocenters. The summed E-state index contributed by atoms with van der Waals surface area (Å²) < 4.78 is 31.5. The summed E-state index contributed by atoms with van der Waals surface area (Å²) in [5.41, 5.74) is 0.826. The Bertz CT molecular complexity index is 660. The van der Waals surface area contributed by atoms with Gasteiger partial charge in [0.2, 0.25) is 5.91 Å². The Kier molecular flexibility index (Phi) is 5.91. The SMILES string of the molecule is CCOc1ccc(NC(=O)CCNc2ccc(F)cc2F)cc1. The molecule has 4 nitrogen and oxygen atoms in total. The summed E-state index contributed by atoms with van der Waals surface area (Å²) in [6.07, 6.45) is 0.157. The minimum Gasteiger partial charge on any atom is -0.494 e. The number of halogens is 2. The average molecular weight is 320 g/mol. The molecule has 0 radical (unpaired) electrons. The van der Waals surface area contributed by atoms with Gasteiger partial charge in [-0.25, -0.2) is 8.78 Å². The van der Waals surface area contributed by atoms with Crippen LogP contribution in [-0.4, -0.2) is 19.1 Å². The number of benzene rings is 2. The second kappa shape index (κ2) is 8.12. The highest BCUT2D eigenvalue weighted by atomic mass is 19.1. The first-order valence-corrected chi connectivity index (χ1v) is 7.30. The van der Waals surface area contributed by atoms with Gasteiger partial charge in [0.25, 0.3) is 0 Å². The zero-order valence-electron chi connectivity index (χ0n) is 12.7. The van der Waals surface area contributed by atoms with Gasteiger partial charge < -0.3 is 15.4 Å². The van der Waals surface area contributed by atoms with E-state index in [1.165, 1.54) is 6.07 Å². The van der Waals surface area contributed by atoms with Crippen LogP contribution >= 0.6 is 0 Å². The maximum Gasteiger partial charge on any atom is 0.226 e. The lowest BCUT2D eigenvalue weighted by molar-refractivity contribution is -0.115. The summed E-state index contributed by atoms with van der Waals surface area (Å²) in [7, 11) is 0. The first-order valence-electron chi connectivity index (χ1n) is 7.30. The van der Waals surface area contributed by atoms with Crippen LogP contribution in [0.3, 0.4) is 0 Å². The molecular weight excluding hydrogens is 302 g/mol. The van der Waals surface area contributed by atoms with E-state index in [4.69, 9.17) is 4.74 Å². The van der Waals surface area contributed by atoms with E-state index < -0.39 is 11.6 Å². The Morgan fingerprint density at radius 1 is 1.13 bits per heavy atom. The molecule has 0 aliphatic heterocycles. The van der Waals surface area contributed by atoms with E-state index in [0.717, 1.165) is 17.9 Å².